The lowest BCUT2D eigenvalue weighted by molar-refractivity contribution is -0.743. The molecule has 2 aromatic heterocycles. The van der Waals surface area contributed by atoms with Gasteiger partial charge < -0.3 is 14.6 Å². The molecule has 0 unspecified atom stereocenters. The Labute approximate surface area is 132 Å². The first kappa shape index (κ1) is 18.5. The second-order valence-corrected chi connectivity index (χ2v) is 4.71. The maximum absolute atomic E-state index is 11.0. The first-order valence-electron chi connectivity index (χ1n) is 5.84. The summed E-state index contributed by atoms with van der Waals surface area (Å²) in [4.78, 5) is 24.0. The third-order valence-corrected chi connectivity index (χ3v) is 3.02. The molecule has 0 aliphatic carbocycles. The van der Waals surface area contributed by atoms with Crippen LogP contribution in [-0.4, -0.2) is 35.3 Å². The summed E-state index contributed by atoms with van der Waals surface area (Å²) < 4.78 is 37.6. The van der Waals surface area contributed by atoms with Crippen molar-refractivity contribution in [2.75, 3.05) is 7.11 Å². The van der Waals surface area contributed by atoms with Gasteiger partial charge in [0.15, 0.2) is 6.20 Å². The van der Waals surface area contributed by atoms with Gasteiger partial charge in [0.2, 0.25) is 0 Å². The smallest absolute Gasteiger partial charge is 0.430 e. The van der Waals surface area contributed by atoms with Gasteiger partial charge in [0.25, 0.3) is 6.54 Å². The summed E-state index contributed by atoms with van der Waals surface area (Å²) >= 11 is 1.55. The van der Waals surface area contributed by atoms with Crippen molar-refractivity contribution in [1.82, 2.24) is 10.1 Å². The van der Waals surface area contributed by atoms with Crippen molar-refractivity contribution in [3.63, 3.8) is 0 Å². The van der Waals surface area contributed by atoms with Gasteiger partial charge in [-0.1, -0.05) is 4.68 Å². The molecule has 0 aliphatic heterocycles. The highest BCUT2D eigenvalue weighted by Crippen LogP contribution is 2.18. The lowest BCUT2D eigenvalue weighted by Crippen LogP contribution is -2.41. The maximum Gasteiger partial charge on any atom is 0.430 e. The Balaban J connectivity index is 0.000000322. The summed E-state index contributed by atoms with van der Waals surface area (Å²) in [5.74, 6) is -3.33. The first-order valence-corrected chi connectivity index (χ1v) is 6.72. The molecule has 0 radical (unpaired) electrons. The molecule has 0 saturated heterocycles. The second-order valence-electron chi connectivity index (χ2n) is 3.81. The average Bonchev–Trinajstić information content (AvgIpc) is 3.02. The van der Waals surface area contributed by atoms with Crippen LogP contribution in [0.15, 0.2) is 30.0 Å². The van der Waals surface area contributed by atoms with Gasteiger partial charge in [-0.25, -0.2) is 9.78 Å². The van der Waals surface area contributed by atoms with Crippen LogP contribution < -0.4 is 9.79 Å². The Kier molecular flexibility index (Phi) is 6.57. The van der Waals surface area contributed by atoms with Crippen molar-refractivity contribution >= 4 is 23.3 Å². The second kappa shape index (κ2) is 8.17. The lowest BCUT2D eigenvalue weighted by Gasteiger charge is -2.03. The van der Waals surface area contributed by atoms with E-state index in [0.29, 0.717) is 0 Å². The number of carboxylic acids is 1. The molecule has 2 rings (SSSR count). The van der Waals surface area contributed by atoms with Crippen LogP contribution in [0, 0.1) is 0 Å². The average molecular weight is 349 g/mol. The van der Waals surface area contributed by atoms with E-state index in [9.17, 15) is 18.0 Å². The number of alkyl halides is 3. The van der Waals surface area contributed by atoms with Crippen LogP contribution in [-0.2, 0) is 20.9 Å². The number of carbonyl (C=O) groups is 2. The number of halogens is 3. The van der Waals surface area contributed by atoms with E-state index in [4.69, 9.17) is 9.90 Å². The normalized spacial score (nSPS) is 10.4. The highest BCUT2D eigenvalue weighted by Gasteiger charge is 2.28. The fourth-order valence-electron chi connectivity index (χ4n) is 1.17. The van der Waals surface area contributed by atoms with Gasteiger partial charge in [0, 0.05) is 23.2 Å². The summed E-state index contributed by atoms with van der Waals surface area (Å²) in [5.41, 5.74) is 0.941. The predicted octanol–water partition coefficient (Wildman–Crippen LogP) is -0.0358. The Morgan fingerprint density at radius 3 is 2.48 bits per heavy atom. The largest absolute Gasteiger partial charge is 0.542 e. The summed E-state index contributed by atoms with van der Waals surface area (Å²) in [6, 6.07) is 1.87. The van der Waals surface area contributed by atoms with Crippen molar-refractivity contribution in [1.29, 1.82) is 0 Å². The molecule has 0 N–H and O–H groups in total. The number of carboxylic acid groups (broad SMARTS) is 1. The molecule has 124 valence electrons. The lowest BCUT2D eigenvalue weighted by atomic mass is 10.3. The van der Waals surface area contributed by atoms with Crippen molar-refractivity contribution in [3.05, 3.63) is 30.0 Å². The van der Waals surface area contributed by atoms with Crippen molar-refractivity contribution in [3.8, 4) is 10.6 Å². The van der Waals surface area contributed by atoms with Crippen LogP contribution in [0.3, 0.4) is 0 Å². The zero-order chi connectivity index (χ0) is 17.5. The zero-order valence-electron chi connectivity index (χ0n) is 11.6. The third-order valence-electron chi connectivity index (χ3n) is 2.20. The minimum absolute atomic E-state index is 0.120. The molecule has 7 nitrogen and oxygen atoms in total. The number of nitrogens with zero attached hydrogens (tertiary/aromatic N) is 3. The molecule has 0 spiro atoms. The van der Waals surface area contributed by atoms with Gasteiger partial charge in [-0.05, 0) is 5.10 Å². The monoisotopic (exact) mass is 349 g/mol. The molecule has 2 aromatic rings. The number of hydrogen-bond acceptors (Lipinski definition) is 7. The zero-order valence-corrected chi connectivity index (χ0v) is 12.4. The molecule has 2 heterocycles. The van der Waals surface area contributed by atoms with Gasteiger partial charge in [-0.3, -0.25) is 0 Å². The van der Waals surface area contributed by atoms with Crippen LogP contribution >= 0.6 is 11.3 Å². The summed E-state index contributed by atoms with van der Waals surface area (Å²) in [6.07, 6.45) is -0.0368. The number of thiazole rings is 1. The quantitative estimate of drug-likeness (QED) is 0.570. The van der Waals surface area contributed by atoms with E-state index in [1.165, 1.54) is 11.8 Å². The molecule has 0 fully saturated rings. The molecule has 23 heavy (non-hydrogen) atoms. The third kappa shape index (κ3) is 6.38. The SMILES string of the molecule is COC(=O)C[n+]1ccc(-c2nccs2)cn1.O=C([O-])C(F)(F)F. The van der Waals surface area contributed by atoms with E-state index in [1.807, 2.05) is 11.4 Å². The Bertz CT molecular complexity index is 645. The number of hydrogen-bond donors (Lipinski definition) is 0. The van der Waals surface area contributed by atoms with E-state index < -0.39 is 12.1 Å². The molecule has 0 bridgehead atoms. The number of methoxy groups -OCH3 is 1. The van der Waals surface area contributed by atoms with Gasteiger partial charge >= 0.3 is 12.1 Å². The number of aromatic nitrogens is 3. The summed E-state index contributed by atoms with van der Waals surface area (Å²) in [7, 11) is 1.35. The topological polar surface area (TPSA) is 96.1 Å². The maximum atomic E-state index is 11.0. The van der Waals surface area contributed by atoms with Crippen molar-refractivity contribution in [2.24, 2.45) is 0 Å². The first-order chi connectivity index (χ1) is 10.7. The molecule has 0 amide bonds. The van der Waals surface area contributed by atoms with Crippen LogP contribution in [0.2, 0.25) is 0 Å². The van der Waals surface area contributed by atoms with E-state index >= 15 is 0 Å². The van der Waals surface area contributed by atoms with Gasteiger partial charge in [-0.2, -0.15) is 13.2 Å². The fourth-order valence-corrected chi connectivity index (χ4v) is 1.80. The number of ether oxygens (including phenoxy) is 1. The summed E-state index contributed by atoms with van der Waals surface area (Å²) in [6.45, 7) is 0.120. The molecule has 11 heteroatoms. The molecule has 0 saturated carbocycles. The molecular weight excluding hydrogens is 339 g/mol. The fraction of sp³-hybridized carbons (Fsp3) is 0.250. The molecule has 0 aromatic carbocycles. The summed E-state index contributed by atoms with van der Waals surface area (Å²) in [5, 5.41) is 15.7. The van der Waals surface area contributed by atoms with Gasteiger partial charge in [0.05, 0.1) is 7.11 Å². The highest BCUT2D eigenvalue weighted by atomic mass is 32.1. The highest BCUT2D eigenvalue weighted by molar-refractivity contribution is 7.13. The van der Waals surface area contributed by atoms with Crippen molar-refractivity contribution in [2.45, 2.75) is 12.7 Å². The predicted molar refractivity (Wildman–Crippen MR) is 68.6 cm³/mol. The Hall–Kier alpha value is -2.56. The number of rotatable bonds is 3. The van der Waals surface area contributed by atoms with Crippen LogP contribution in [0.4, 0.5) is 13.2 Å². The van der Waals surface area contributed by atoms with E-state index in [1.54, 1.807) is 29.9 Å². The Morgan fingerprint density at radius 1 is 1.43 bits per heavy atom. The number of aliphatic carboxylic acids is 1. The number of esters is 1. The minimum Gasteiger partial charge on any atom is -0.542 e. The van der Waals surface area contributed by atoms with Gasteiger partial charge in [-0.15, -0.1) is 11.3 Å². The van der Waals surface area contributed by atoms with Gasteiger partial charge in [0.1, 0.15) is 17.2 Å². The minimum atomic E-state index is -5.19. The van der Waals surface area contributed by atoms with E-state index in [0.717, 1.165) is 10.6 Å². The number of carbonyl (C=O) groups excluding carboxylic acids is 2. The molecular formula is C12H10F3N3O4S. The van der Waals surface area contributed by atoms with Crippen LogP contribution in [0.1, 0.15) is 0 Å². The van der Waals surface area contributed by atoms with Crippen LogP contribution in [0.5, 0.6) is 0 Å². The van der Waals surface area contributed by atoms with Crippen molar-refractivity contribution < 1.29 is 37.3 Å². The van der Waals surface area contributed by atoms with E-state index in [2.05, 4.69) is 14.8 Å². The molecule has 0 aliphatic rings. The standard InChI is InChI=1S/C10H10N3O2S.C2HF3O2/c1-15-9(14)7-13-4-2-8(6-12-13)10-11-3-5-16-10;3-2(4,5)1(6)7/h2-6H,7H2,1H3;(H,6,7)/q+1;/p-1. The van der Waals surface area contributed by atoms with E-state index in [-0.39, 0.29) is 12.5 Å². The Morgan fingerprint density at radius 2 is 2.09 bits per heavy atom. The van der Waals surface area contributed by atoms with Crippen LogP contribution in [0.25, 0.3) is 10.6 Å². The molecule has 0 atom stereocenters.